The summed E-state index contributed by atoms with van der Waals surface area (Å²) in [6.07, 6.45) is 9.05. The maximum Gasteiger partial charge on any atom is 0.257 e. The number of aliphatic hydroxyl groups excluding tert-OH is 1. The van der Waals surface area contributed by atoms with Crippen LogP contribution in [0.1, 0.15) is 69.8 Å². The van der Waals surface area contributed by atoms with Crippen LogP contribution < -0.4 is 16.0 Å². The first-order valence-corrected chi connectivity index (χ1v) is 12.8. The first-order chi connectivity index (χ1) is 16.9. The molecule has 2 aliphatic carbocycles. The number of hydrogen-bond acceptors (Lipinski definition) is 6. The molecular weight excluding hydrogens is 446 g/mol. The van der Waals surface area contributed by atoms with E-state index in [0.29, 0.717) is 24.1 Å². The standard InChI is InChI=1S/C26H35N5O4/c27-21(18-10-4-1-5-11-18)30-24-28-19(16-20(32)29-24)17-35-26(14-8-3-9-15-26)23(34)31-22(33)25(31)12-6-2-7-13-25/h1,4-5,10-11,16,22,24,28,33H,2-3,6-9,12-15,17H2,(H2,27,30)(H,29,32). The highest BCUT2D eigenvalue weighted by Gasteiger charge is 2.67. The van der Waals surface area contributed by atoms with Crippen molar-refractivity contribution in [3.8, 4) is 0 Å². The summed E-state index contributed by atoms with van der Waals surface area (Å²) in [5, 5.41) is 27.9. The zero-order valence-electron chi connectivity index (χ0n) is 20.0. The largest absolute Gasteiger partial charge is 0.371 e. The molecule has 5 rings (SSSR count). The number of hydrogen-bond donors (Lipinski definition) is 5. The topological polar surface area (TPSA) is 127 Å². The van der Waals surface area contributed by atoms with Gasteiger partial charge in [-0.2, -0.15) is 0 Å². The van der Waals surface area contributed by atoms with E-state index in [2.05, 4.69) is 16.0 Å². The fourth-order valence-corrected chi connectivity index (χ4v) is 5.90. The molecule has 2 heterocycles. The zero-order valence-corrected chi connectivity index (χ0v) is 20.0. The van der Waals surface area contributed by atoms with Crippen molar-refractivity contribution in [2.45, 2.75) is 87.9 Å². The fraction of sp³-hybridized carbons (Fsp3) is 0.577. The monoisotopic (exact) mass is 481 g/mol. The van der Waals surface area contributed by atoms with Crippen molar-refractivity contribution in [3.05, 3.63) is 47.7 Å². The molecule has 2 unspecified atom stereocenters. The van der Waals surface area contributed by atoms with E-state index in [9.17, 15) is 14.7 Å². The Morgan fingerprint density at radius 3 is 2.40 bits per heavy atom. The molecule has 3 fully saturated rings. The summed E-state index contributed by atoms with van der Waals surface area (Å²) in [7, 11) is 0. The van der Waals surface area contributed by atoms with Gasteiger partial charge in [0, 0.05) is 17.3 Å². The lowest BCUT2D eigenvalue weighted by molar-refractivity contribution is -0.159. The van der Waals surface area contributed by atoms with E-state index in [4.69, 9.17) is 10.1 Å². The van der Waals surface area contributed by atoms with Crippen LogP contribution in [0.4, 0.5) is 0 Å². The minimum atomic E-state index is -0.976. The summed E-state index contributed by atoms with van der Waals surface area (Å²) in [4.78, 5) is 27.8. The van der Waals surface area contributed by atoms with Crippen molar-refractivity contribution < 1.29 is 19.4 Å². The first kappa shape index (κ1) is 23.8. The first-order valence-electron chi connectivity index (χ1n) is 12.8. The third kappa shape index (κ3) is 4.67. The zero-order chi connectivity index (χ0) is 24.5. The number of carbonyl (C=O) groups excluding carboxylic acids is 2. The summed E-state index contributed by atoms with van der Waals surface area (Å²) in [5.41, 5.74) is -0.131. The number of rotatable bonds is 6. The summed E-state index contributed by atoms with van der Waals surface area (Å²) < 4.78 is 6.35. The lowest BCUT2D eigenvalue weighted by atomic mass is 9.83. The van der Waals surface area contributed by atoms with Crippen molar-refractivity contribution in [1.82, 2.24) is 20.9 Å². The molecule has 0 aromatic heterocycles. The summed E-state index contributed by atoms with van der Waals surface area (Å²) in [6.45, 7) is 0.0763. The normalized spacial score (nSPS) is 26.8. The molecule has 9 heteroatoms. The number of aliphatic hydroxyl groups is 1. The number of amidine groups is 1. The molecule has 2 atom stereocenters. The maximum absolute atomic E-state index is 13.8. The Labute approximate surface area is 205 Å². The van der Waals surface area contributed by atoms with Crippen LogP contribution in [0.2, 0.25) is 0 Å². The van der Waals surface area contributed by atoms with Crippen molar-refractivity contribution in [2.24, 2.45) is 0 Å². The molecule has 188 valence electrons. The predicted octanol–water partition coefficient (Wildman–Crippen LogP) is 2.07. The molecule has 1 aromatic carbocycles. The third-order valence-corrected chi connectivity index (χ3v) is 7.90. The number of amides is 2. The second-order valence-corrected chi connectivity index (χ2v) is 10.2. The van der Waals surface area contributed by atoms with Gasteiger partial charge >= 0.3 is 0 Å². The predicted molar refractivity (Wildman–Crippen MR) is 130 cm³/mol. The van der Waals surface area contributed by atoms with E-state index < -0.39 is 23.7 Å². The van der Waals surface area contributed by atoms with E-state index in [-0.39, 0.29) is 24.3 Å². The van der Waals surface area contributed by atoms with Gasteiger partial charge in [-0.1, -0.05) is 68.9 Å². The Hall–Kier alpha value is -2.91. The second-order valence-electron chi connectivity index (χ2n) is 10.2. The average molecular weight is 482 g/mol. The van der Waals surface area contributed by atoms with E-state index in [0.717, 1.165) is 51.4 Å². The van der Waals surface area contributed by atoms with Gasteiger partial charge in [0.05, 0.1) is 12.1 Å². The minimum absolute atomic E-state index is 0.0763. The van der Waals surface area contributed by atoms with Crippen molar-refractivity contribution in [2.75, 3.05) is 6.61 Å². The number of carbonyl (C=O) groups is 2. The Bertz CT molecular complexity index is 998. The van der Waals surface area contributed by atoms with Crippen molar-refractivity contribution in [3.63, 3.8) is 0 Å². The van der Waals surface area contributed by atoms with Gasteiger partial charge in [0.25, 0.3) is 5.91 Å². The molecule has 5 N–H and O–H groups in total. The Kier molecular flexibility index (Phi) is 6.55. The molecule has 4 aliphatic rings. The third-order valence-electron chi connectivity index (χ3n) is 7.90. The maximum atomic E-state index is 13.8. The van der Waals surface area contributed by atoms with Crippen LogP contribution in [0.5, 0.6) is 0 Å². The SMILES string of the molecule is N=C(NC1NC(=O)C=C(COC2(C(=O)N3C(O)C34CCCCC4)CCCCC2)N1)c1ccccc1. The van der Waals surface area contributed by atoms with Gasteiger partial charge in [-0.05, 0) is 25.7 Å². The van der Waals surface area contributed by atoms with E-state index in [1.54, 1.807) is 4.90 Å². The molecule has 2 aliphatic heterocycles. The van der Waals surface area contributed by atoms with Crippen LogP contribution in [0.15, 0.2) is 42.1 Å². The molecule has 2 amide bonds. The Morgan fingerprint density at radius 2 is 1.71 bits per heavy atom. The van der Waals surface area contributed by atoms with Gasteiger partial charge < -0.3 is 30.7 Å². The number of benzene rings is 1. The highest BCUT2D eigenvalue weighted by Crippen LogP contribution is 2.52. The van der Waals surface area contributed by atoms with Gasteiger partial charge in [-0.15, -0.1) is 0 Å². The summed E-state index contributed by atoms with van der Waals surface area (Å²) >= 11 is 0. The second kappa shape index (κ2) is 9.62. The van der Waals surface area contributed by atoms with Crippen LogP contribution >= 0.6 is 0 Å². The molecule has 1 spiro atoms. The van der Waals surface area contributed by atoms with Gasteiger partial charge in [-0.25, -0.2) is 0 Å². The van der Waals surface area contributed by atoms with Gasteiger partial charge in [0.2, 0.25) is 5.91 Å². The van der Waals surface area contributed by atoms with E-state index in [1.807, 2.05) is 30.3 Å². The Morgan fingerprint density at radius 1 is 1.06 bits per heavy atom. The van der Waals surface area contributed by atoms with Crippen molar-refractivity contribution >= 4 is 17.6 Å². The van der Waals surface area contributed by atoms with Crippen LogP contribution in [0.3, 0.4) is 0 Å². The molecular formula is C26H35N5O4. The molecule has 35 heavy (non-hydrogen) atoms. The van der Waals surface area contributed by atoms with E-state index in [1.165, 1.54) is 6.08 Å². The smallest absolute Gasteiger partial charge is 0.257 e. The highest BCUT2D eigenvalue weighted by molar-refractivity contribution is 5.97. The molecule has 1 saturated heterocycles. The van der Waals surface area contributed by atoms with Crippen LogP contribution in [0, 0.1) is 5.41 Å². The average Bonchev–Trinajstić information content (AvgIpc) is 3.43. The quantitative estimate of drug-likeness (QED) is 0.241. The van der Waals surface area contributed by atoms with Gasteiger partial charge in [0.1, 0.15) is 11.4 Å². The summed E-state index contributed by atoms with van der Waals surface area (Å²) in [5.74, 6) is -0.224. The lowest BCUT2D eigenvalue weighted by Gasteiger charge is -2.38. The molecule has 0 radical (unpaired) electrons. The number of ether oxygens (including phenoxy) is 1. The van der Waals surface area contributed by atoms with Gasteiger partial charge in [-0.3, -0.25) is 15.0 Å². The Balaban J connectivity index is 1.25. The van der Waals surface area contributed by atoms with Gasteiger partial charge in [0.15, 0.2) is 12.5 Å². The van der Waals surface area contributed by atoms with Crippen LogP contribution in [0.25, 0.3) is 0 Å². The van der Waals surface area contributed by atoms with Crippen LogP contribution in [-0.4, -0.2) is 57.9 Å². The highest BCUT2D eigenvalue weighted by atomic mass is 16.5. The molecule has 1 aromatic rings. The van der Waals surface area contributed by atoms with Crippen LogP contribution in [-0.2, 0) is 14.3 Å². The lowest BCUT2D eigenvalue weighted by Crippen LogP contribution is -2.59. The number of nitrogens with one attached hydrogen (secondary N) is 4. The molecule has 0 bridgehead atoms. The minimum Gasteiger partial charge on any atom is -0.371 e. The fourth-order valence-electron chi connectivity index (χ4n) is 5.90. The molecule has 2 saturated carbocycles. The van der Waals surface area contributed by atoms with Crippen molar-refractivity contribution in [1.29, 1.82) is 5.41 Å². The summed E-state index contributed by atoms with van der Waals surface area (Å²) in [6, 6.07) is 9.22. The van der Waals surface area contributed by atoms with E-state index >= 15 is 0 Å². The molecule has 9 nitrogen and oxygen atoms in total. The number of nitrogens with zero attached hydrogens (tertiary/aromatic N) is 1.